The van der Waals surface area contributed by atoms with Gasteiger partial charge in [-0.15, -0.1) is 0 Å². The van der Waals surface area contributed by atoms with E-state index in [1.54, 1.807) is 41.9 Å². The Balaban J connectivity index is 1.68. The topological polar surface area (TPSA) is 112 Å². The Labute approximate surface area is 191 Å². The average Bonchev–Trinajstić information content (AvgIpc) is 3.35. The van der Waals surface area contributed by atoms with E-state index < -0.39 is 0 Å². The first-order valence-electron chi connectivity index (χ1n) is 10.3. The van der Waals surface area contributed by atoms with E-state index in [4.69, 9.17) is 0 Å². The standard InChI is InChI=1S/C22H28N6O3S/c1-6-9-27(5)18(30)12-28-11-14(3)20(26-28)25-22-23-10-17(32-22)21(31)24-19-13(2)7-8-16(29)15(19)4/h7-8,10-11,29H,6,9,12H2,1-5H3,(H,24,31)(H,23,25,26). The molecule has 2 amide bonds. The highest BCUT2D eigenvalue weighted by Crippen LogP contribution is 2.29. The van der Waals surface area contributed by atoms with Gasteiger partial charge in [-0.05, 0) is 38.8 Å². The third-order valence-corrected chi connectivity index (χ3v) is 5.98. The monoisotopic (exact) mass is 456 g/mol. The molecule has 9 nitrogen and oxygen atoms in total. The van der Waals surface area contributed by atoms with Gasteiger partial charge in [0, 0.05) is 30.9 Å². The van der Waals surface area contributed by atoms with Gasteiger partial charge in [0.2, 0.25) is 5.91 Å². The average molecular weight is 457 g/mol. The largest absolute Gasteiger partial charge is 0.508 e. The van der Waals surface area contributed by atoms with E-state index in [2.05, 4.69) is 20.7 Å². The van der Waals surface area contributed by atoms with Crippen molar-refractivity contribution in [1.29, 1.82) is 0 Å². The molecule has 0 radical (unpaired) electrons. The van der Waals surface area contributed by atoms with Gasteiger partial charge < -0.3 is 20.6 Å². The molecule has 0 bridgehead atoms. The number of benzene rings is 1. The van der Waals surface area contributed by atoms with Gasteiger partial charge in [0.1, 0.15) is 17.2 Å². The highest BCUT2D eigenvalue weighted by Gasteiger charge is 2.17. The van der Waals surface area contributed by atoms with Crippen LogP contribution in [-0.4, -0.2) is 50.2 Å². The Hall–Kier alpha value is -3.40. The molecule has 170 valence electrons. The van der Waals surface area contributed by atoms with Crippen molar-refractivity contribution in [3.63, 3.8) is 0 Å². The highest BCUT2D eigenvalue weighted by molar-refractivity contribution is 7.17. The SMILES string of the molecule is CCCN(C)C(=O)Cn1cc(C)c(Nc2ncc(C(=O)Nc3c(C)ccc(O)c3C)s2)n1. The number of aryl methyl sites for hydroxylation is 2. The minimum absolute atomic E-state index is 0.00774. The maximum Gasteiger partial charge on any atom is 0.267 e. The number of nitrogens with zero attached hydrogens (tertiary/aromatic N) is 4. The quantitative estimate of drug-likeness (QED) is 0.475. The van der Waals surface area contributed by atoms with Gasteiger partial charge in [0.25, 0.3) is 5.91 Å². The number of phenols is 1. The number of anilines is 3. The molecule has 0 aliphatic carbocycles. The van der Waals surface area contributed by atoms with Crippen LogP contribution in [0, 0.1) is 20.8 Å². The number of aromatic hydroxyl groups is 1. The zero-order chi connectivity index (χ0) is 23.4. The van der Waals surface area contributed by atoms with Gasteiger partial charge in [-0.3, -0.25) is 14.3 Å². The molecule has 2 heterocycles. The lowest BCUT2D eigenvalue weighted by atomic mass is 10.1. The number of aromatic nitrogens is 3. The van der Waals surface area contributed by atoms with Crippen LogP contribution in [0.25, 0.3) is 0 Å². The maximum atomic E-state index is 12.7. The number of nitrogens with one attached hydrogen (secondary N) is 2. The lowest BCUT2D eigenvalue weighted by Gasteiger charge is -2.15. The van der Waals surface area contributed by atoms with Crippen LogP contribution < -0.4 is 10.6 Å². The van der Waals surface area contributed by atoms with Crippen LogP contribution in [0.3, 0.4) is 0 Å². The fraction of sp³-hybridized carbons (Fsp3) is 0.364. The Morgan fingerprint density at radius 1 is 1.22 bits per heavy atom. The molecule has 0 spiro atoms. The van der Waals surface area contributed by atoms with Crippen molar-refractivity contribution >= 4 is 39.8 Å². The summed E-state index contributed by atoms with van der Waals surface area (Å²) in [5, 5.41) is 20.8. The minimum Gasteiger partial charge on any atom is -0.508 e. The zero-order valence-corrected chi connectivity index (χ0v) is 19.7. The van der Waals surface area contributed by atoms with E-state index in [0.717, 1.165) is 17.5 Å². The van der Waals surface area contributed by atoms with E-state index in [9.17, 15) is 14.7 Å². The normalized spacial score (nSPS) is 10.8. The third kappa shape index (κ3) is 5.25. The molecule has 0 aliphatic rings. The summed E-state index contributed by atoms with van der Waals surface area (Å²) < 4.78 is 1.60. The van der Waals surface area contributed by atoms with Crippen molar-refractivity contribution in [3.8, 4) is 5.75 Å². The predicted molar refractivity (Wildman–Crippen MR) is 126 cm³/mol. The third-order valence-electron chi connectivity index (χ3n) is 5.06. The summed E-state index contributed by atoms with van der Waals surface area (Å²) in [7, 11) is 1.78. The van der Waals surface area contributed by atoms with Gasteiger partial charge in [-0.1, -0.05) is 24.3 Å². The van der Waals surface area contributed by atoms with Gasteiger partial charge >= 0.3 is 0 Å². The van der Waals surface area contributed by atoms with Gasteiger partial charge in [0.15, 0.2) is 10.9 Å². The zero-order valence-electron chi connectivity index (χ0n) is 18.9. The molecular weight excluding hydrogens is 428 g/mol. The molecule has 0 fully saturated rings. The summed E-state index contributed by atoms with van der Waals surface area (Å²) in [6.07, 6.45) is 4.19. The van der Waals surface area contributed by atoms with Crippen LogP contribution in [0.5, 0.6) is 5.75 Å². The number of carbonyl (C=O) groups is 2. The lowest BCUT2D eigenvalue weighted by molar-refractivity contribution is -0.130. The van der Waals surface area contributed by atoms with E-state index in [1.807, 2.05) is 20.8 Å². The van der Waals surface area contributed by atoms with Gasteiger partial charge in [0.05, 0.1) is 11.9 Å². The molecule has 0 saturated carbocycles. The second-order valence-electron chi connectivity index (χ2n) is 7.68. The Morgan fingerprint density at radius 2 is 1.97 bits per heavy atom. The van der Waals surface area contributed by atoms with Crippen molar-refractivity contribution < 1.29 is 14.7 Å². The van der Waals surface area contributed by atoms with Crippen molar-refractivity contribution in [2.24, 2.45) is 0 Å². The first kappa shape index (κ1) is 23.3. The second-order valence-corrected chi connectivity index (χ2v) is 8.71. The summed E-state index contributed by atoms with van der Waals surface area (Å²) >= 11 is 1.19. The number of likely N-dealkylation sites (N-methyl/N-ethyl adjacent to an activating group) is 1. The van der Waals surface area contributed by atoms with Crippen molar-refractivity contribution in [2.45, 2.75) is 40.7 Å². The molecule has 32 heavy (non-hydrogen) atoms. The van der Waals surface area contributed by atoms with Crippen LogP contribution in [0.15, 0.2) is 24.5 Å². The van der Waals surface area contributed by atoms with Gasteiger partial charge in [-0.2, -0.15) is 5.10 Å². The summed E-state index contributed by atoms with van der Waals surface area (Å²) in [6.45, 7) is 8.40. The van der Waals surface area contributed by atoms with Crippen molar-refractivity contribution in [3.05, 3.63) is 46.1 Å². The van der Waals surface area contributed by atoms with Crippen LogP contribution in [-0.2, 0) is 11.3 Å². The molecule has 0 atom stereocenters. The first-order valence-corrected chi connectivity index (χ1v) is 11.1. The highest BCUT2D eigenvalue weighted by atomic mass is 32.1. The molecule has 3 rings (SSSR count). The van der Waals surface area contributed by atoms with Crippen LogP contribution >= 0.6 is 11.3 Å². The number of hydrogen-bond donors (Lipinski definition) is 3. The summed E-state index contributed by atoms with van der Waals surface area (Å²) in [5.74, 6) is 0.394. The van der Waals surface area contributed by atoms with E-state index in [1.165, 1.54) is 17.5 Å². The van der Waals surface area contributed by atoms with Crippen LogP contribution in [0.2, 0.25) is 0 Å². The molecule has 3 aromatic rings. The second kappa shape index (κ2) is 9.82. The van der Waals surface area contributed by atoms with Crippen molar-refractivity contribution in [1.82, 2.24) is 19.7 Å². The molecule has 1 aromatic carbocycles. The van der Waals surface area contributed by atoms with Crippen LogP contribution in [0.4, 0.5) is 16.6 Å². The fourth-order valence-electron chi connectivity index (χ4n) is 3.19. The Morgan fingerprint density at radius 3 is 2.69 bits per heavy atom. The van der Waals surface area contributed by atoms with E-state index in [0.29, 0.717) is 33.6 Å². The number of phenolic OH excluding ortho intramolecular Hbond substituents is 1. The molecule has 2 aromatic heterocycles. The molecule has 0 aliphatic heterocycles. The number of rotatable bonds is 8. The van der Waals surface area contributed by atoms with Gasteiger partial charge in [-0.25, -0.2) is 4.98 Å². The van der Waals surface area contributed by atoms with E-state index in [-0.39, 0.29) is 24.1 Å². The lowest BCUT2D eigenvalue weighted by Crippen LogP contribution is -2.30. The summed E-state index contributed by atoms with van der Waals surface area (Å²) in [6, 6.07) is 3.35. The predicted octanol–water partition coefficient (Wildman–Crippen LogP) is 3.83. The number of hydrogen-bond acceptors (Lipinski definition) is 7. The number of thiazole rings is 1. The minimum atomic E-state index is -0.306. The molecular formula is C22H28N6O3S. The molecule has 0 unspecified atom stereocenters. The number of carbonyl (C=O) groups excluding carboxylic acids is 2. The molecule has 3 N–H and O–H groups in total. The Kier molecular flexibility index (Phi) is 7.14. The summed E-state index contributed by atoms with van der Waals surface area (Å²) in [4.78, 5) is 31.3. The smallest absolute Gasteiger partial charge is 0.267 e. The Bertz CT molecular complexity index is 1140. The molecule has 10 heteroatoms. The molecule has 0 saturated heterocycles. The van der Waals surface area contributed by atoms with E-state index >= 15 is 0 Å². The van der Waals surface area contributed by atoms with Crippen molar-refractivity contribution in [2.75, 3.05) is 24.2 Å². The van der Waals surface area contributed by atoms with Crippen LogP contribution in [0.1, 0.15) is 39.7 Å². The maximum absolute atomic E-state index is 12.7. The summed E-state index contributed by atoms with van der Waals surface area (Å²) in [5.41, 5.74) is 2.92. The number of amides is 2. The first-order chi connectivity index (χ1) is 15.2. The fourth-order valence-corrected chi connectivity index (χ4v) is 3.90.